The Bertz CT molecular complexity index is 332. The average Bonchev–Trinajstić information content (AvgIpc) is 2.31. The highest BCUT2D eigenvalue weighted by Gasteiger charge is 2.13. The Morgan fingerprint density at radius 2 is 2.13 bits per heavy atom. The Balaban J connectivity index is 2.20. The molecule has 1 aromatic rings. The second kappa shape index (κ2) is 4.91. The van der Waals surface area contributed by atoms with Crippen molar-refractivity contribution in [1.29, 1.82) is 0 Å². The molecule has 1 aliphatic rings. The van der Waals surface area contributed by atoms with Gasteiger partial charge in [0.1, 0.15) is 6.29 Å². The fraction of sp³-hybridized carbons (Fsp3) is 0.500. The molecule has 0 N–H and O–H groups in total. The van der Waals surface area contributed by atoms with Crippen LogP contribution in [0.2, 0.25) is 0 Å². The normalized spacial score (nSPS) is 16.4. The first-order chi connectivity index (χ1) is 7.42. The van der Waals surface area contributed by atoms with E-state index in [2.05, 4.69) is 9.88 Å². The molecule has 2 heterocycles. The minimum atomic E-state index is 0.472. The van der Waals surface area contributed by atoms with Gasteiger partial charge in [-0.1, -0.05) is 0 Å². The molecule has 3 heteroatoms. The lowest BCUT2D eigenvalue weighted by Gasteiger charge is -2.30. The third-order valence-electron chi connectivity index (χ3n) is 2.88. The van der Waals surface area contributed by atoms with Crippen LogP contribution in [0, 0.1) is 0 Å². The topological polar surface area (TPSA) is 33.2 Å². The number of carbonyl (C=O) groups is 1. The fourth-order valence-electron chi connectivity index (χ4n) is 2.11. The molecule has 0 aromatic carbocycles. The maximum atomic E-state index is 10.6. The van der Waals surface area contributed by atoms with Crippen LogP contribution >= 0.6 is 0 Å². The van der Waals surface area contributed by atoms with E-state index >= 15 is 0 Å². The molecule has 0 radical (unpaired) electrons. The molecule has 15 heavy (non-hydrogen) atoms. The Morgan fingerprint density at radius 1 is 1.33 bits per heavy atom. The highest BCUT2D eigenvalue weighted by molar-refractivity contribution is 5.63. The lowest BCUT2D eigenvalue weighted by molar-refractivity contribution is -0.107. The largest absolute Gasteiger partial charge is 0.371 e. The van der Waals surface area contributed by atoms with Gasteiger partial charge < -0.3 is 9.69 Å². The lowest BCUT2D eigenvalue weighted by atomic mass is 10.1. The third-order valence-corrected chi connectivity index (χ3v) is 2.88. The summed E-state index contributed by atoms with van der Waals surface area (Å²) in [6, 6.07) is 2.02. The number of pyridine rings is 1. The van der Waals surface area contributed by atoms with E-state index in [1.54, 1.807) is 12.4 Å². The van der Waals surface area contributed by atoms with Gasteiger partial charge in [-0.05, 0) is 25.3 Å². The summed E-state index contributed by atoms with van der Waals surface area (Å²) in [4.78, 5) is 17.0. The van der Waals surface area contributed by atoms with Crippen LogP contribution < -0.4 is 4.90 Å². The molecule has 3 nitrogen and oxygen atoms in total. The first-order valence-corrected chi connectivity index (χ1v) is 5.53. The van der Waals surface area contributed by atoms with Crippen LogP contribution in [-0.2, 0) is 11.2 Å². The van der Waals surface area contributed by atoms with Crippen molar-refractivity contribution in [2.45, 2.75) is 25.7 Å². The number of aldehydes is 1. The van der Waals surface area contributed by atoms with Crippen molar-refractivity contribution in [2.24, 2.45) is 0 Å². The molecule has 0 bridgehead atoms. The summed E-state index contributed by atoms with van der Waals surface area (Å²) < 4.78 is 0. The van der Waals surface area contributed by atoms with Crippen molar-refractivity contribution in [3.63, 3.8) is 0 Å². The molecular weight excluding hydrogens is 188 g/mol. The van der Waals surface area contributed by atoms with E-state index in [9.17, 15) is 4.79 Å². The number of hydrogen-bond donors (Lipinski definition) is 0. The standard InChI is InChI=1S/C12H16N2O/c15-9-5-11-10-13-6-4-12(11)14-7-2-1-3-8-14/h4,6,9-10H,1-3,5,7-8H2. The summed E-state index contributed by atoms with van der Waals surface area (Å²) in [6.45, 7) is 2.21. The quantitative estimate of drug-likeness (QED) is 0.704. The van der Waals surface area contributed by atoms with E-state index in [1.807, 2.05) is 6.07 Å². The molecule has 2 rings (SSSR count). The lowest BCUT2D eigenvalue weighted by Crippen LogP contribution is -2.30. The maximum Gasteiger partial charge on any atom is 0.124 e. The third kappa shape index (κ3) is 2.35. The summed E-state index contributed by atoms with van der Waals surface area (Å²) in [5.41, 5.74) is 2.24. The van der Waals surface area contributed by atoms with Crippen molar-refractivity contribution in [3.05, 3.63) is 24.0 Å². The molecule has 1 fully saturated rings. The van der Waals surface area contributed by atoms with Gasteiger partial charge in [0.25, 0.3) is 0 Å². The molecular formula is C12H16N2O. The van der Waals surface area contributed by atoms with Crippen molar-refractivity contribution in [3.8, 4) is 0 Å². The summed E-state index contributed by atoms with van der Waals surface area (Å²) in [5, 5.41) is 0. The zero-order valence-corrected chi connectivity index (χ0v) is 8.85. The second-order valence-electron chi connectivity index (χ2n) is 3.92. The van der Waals surface area contributed by atoms with Crippen molar-refractivity contribution in [1.82, 2.24) is 4.98 Å². The number of carbonyl (C=O) groups excluding carboxylic acids is 1. The Kier molecular flexibility index (Phi) is 3.33. The van der Waals surface area contributed by atoms with Gasteiger partial charge in [-0.2, -0.15) is 0 Å². The summed E-state index contributed by atoms with van der Waals surface area (Å²) in [7, 11) is 0. The van der Waals surface area contributed by atoms with Crippen LogP contribution in [0.3, 0.4) is 0 Å². The molecule has 0 atom stereocenters. The Morgan fingerprint density at radius 3 is 2.87 bits per heavy atom. The molecule has 0 spiro atoms. The van der Waals surface area contributed by atoms with Gasteiger partial charge in [-0.3, -0.25) is 4.98 Å². The van der Waals surface area contributed by atoms with Crippen molar-refractivity contribution < 1.29 is 4.79 Å². The van der Waals surface area contributed by atoms with Crippen LogP contribution in [0.4, 0.5) is 5.69 Å². The second-order valence-corrected chi connectivity index (χ2v) is 3.92. The van der Waals surface area contributed by atoms with Gasteiger partial charge in [-0.25, -0.2) is 0 Å². The zero-order chi connectivity index (χ0) is 10.5. The maximum absolute atomic E-state index is 10.6. The van der Waals surface area contributed by atoms with Crippen molar-refractivity contribution in [2.75, 3.05) is 18.0 Å². The number of anilines is 1. The van der Waals surface area contributed by atoms with Gasteiger partial charge >= 0.3 is 0 Å². The number of nitrogens with zero attached hydrogens (tertiary/aromatic N) is 2. The molecule has 1 saturated heterocycles. The monoisotopic (exact) mass is 204 g/mol. The number of hydrogen-bond acceptors (Lipinski definition) is 3. The minimum absolute atomic E-state index is 0.472. The molecule has 1 aliphatic heterocycles. The van der Waals surface area contributed by atoms with Crippen LogP contribution in [0.25, 0.3) is 0 Å². The van der Waals surface area contributed by atoms with Gasteiger partial charge in [0, 0.05) is 43.2 Å². The predicted molar refractivity (Wildman–Crippen MR) is 60.1 cm³/mol. The molecule has 0 aliphatic carbocycles. The van der Waals surface area contributed by atoms with Gasteiger partial charge in [0.05, 0.1) is 0 Å². The highest BCUT2D eigenvalue weighted by Crippen LogP contribution is 2.23. The first kappa shape index (κ1) is 10.1. The molecule has 0 unspecified atom stereocenters. The fourth-order valence-corrected chi connectivity index (χ4v) is 2.11. The first-order valence-electron chi connectivity index (χ1n) is 5.53. The van der Waals surface area contributed by atoms with Crippen LogP contribution in [0.5, 0.6) is 0 Å². The molecule has 80 valence electrons. The Labute approximate surface area is 90.1 Å². The highest BCUT2D eigenvalue weighted by atomic mass is 16.1. The van der Waals surface area contributed by atoms with Crippen LogP contribution in [0.15, 0.2) is 18.5 Å². The smallest absolute Gasteiger partial charge is 0.124 e. The van der Waals surface area contributed by atoms with Gasteiger partial charge in [0.15, 0.2) is 0 Å². The van der Waals surface area contributed by atoms with E-state index in [1.165, 1.54) is 24.9 Å². The van der Waals surface area contributed by atoms with E-state index in [0.717, 1.165) is 24.9 Å². The van der Waals surface area contributed by atoms with Crippen LogP contribution in [0.1, 0.15) is 24.8 Å². The number of piperidine rings is 1. The van der Waals surface area contributed by atoms with E-state index in [0.29, 0.717) is 6.42 Å². The number of rotatable bonds is 3. The zero-order valence-electron chi connectivity index (χ0n) is 8.85. The predicted octanol–water partition coefficient (Wildman–Crippen LogP) is 1.81. The summed E-state index contributed by atoms with van der Waals surface area (Å²) >= 11 is 0. The van der Waals surface area contributed by atoms with E-state index in [-0.39, 0.29) is 0 Å². The van der Waals surface area contributed by atoms with E-state index < -0.39 is 0 Å². The summed E-state index contributed by atoms with van der Waals surface area (Å²) in [6.07, 6.45) is 8.86. The van der Waals surface area contributed by atoms with Gasteiger partial charge in [-0.15, -0.1) is 0 Å². The Hall–Kier alpha value is -1.38. The number of aromatic nitrogens is 1. The molecule has 0 amide bonds. The minimum Gasteiger partial charge on any atom is -0.371 e. The van der Waals surface area contributed by atoms with Crippen LogP contribution in [-0.4, -0.2) is 24.4 Å². The molecule has 1 aromatic heterocycles. The molecule has 0 saturated carbocycles. The summed E-state index contributed by atoms with van der Waals surface area (Å²) in [5.74, 6) is 0. The van der Waals surface area contributed by atoms with E-state index in [4.69, 9.17) is 0 Å². The SMILES string of the molecule is O=CCc1cnccc1N1CCCCC1. The van der Waals surface area contributed by atoms with Gasteiger partial charge in [0.2, 0.25) is 0 Å². The van der Waals surface area contributed by atoms with Crippen molar-refractivity contribution >= 4 is 12.0 Å². The average molecular weight is 204 g/mol.